The van der Waals surface area contributed by atoms with Crippen LogP contribution in [0.25, 0.3) is 0 Å². The van der Waals surface area contributed by atoms with E-state index in [4.69, 9.17) is 10.5 Å². The fraction of sp³-hybridized carbons (Fsp3) is 0.391. The Hall–Kier alpha value is -3.60. The van der Waals surface area contributed by atoms with Gasteiger partial charge in [0.2, 0.25) is 5.41 Å². The number of nitrogens with zero attached hydrogens (tertiary/aromatic N) is 4. The molecule has 2 N–H and O–H groups in total. The summed E-state index contributed by atoms with van der Waals surface area (Å²) in [5.74, 6) is -1.12. The van der Waals surface area contributed by atoms with Crippen LogP contribution in [0.1, 0.15) is 35.7 Å². The number of hydrogen-bond donors (Lipinski definition) is 1. The van der Waals surface area contributed by atoms with Gasteiger partial charge in [-0.15, -0.1) is 0 Å². The lowest BCUT2D eigenvalue weighted by Gasteiger charge is -2.46. The molecule has 1 heterocycles. The second-order valence-corrected chi connectivity index (χ2v) is 7.82. The molecule has 3 rings (SSSR count). The Bertz CT molecular complexity index is 1030. The summed E-state index contributed by atoms with van der Waals surface area (Å²) in [6, 6.07) is 13.4. The minimum atomic E-state index is -1.64. The Balaban J connectivity index is 2.21. The van der Waals surface area contributed by atoms with Crippen molar-refractivity contribution in [2.45, 2.75) is 25.8 Å². The van der Waals surface area contributed by atoms with Gasteiger partial charge in [0.25, 0.3) is 0 Å². The smallest absolute Gasteiger partial charge is 0.337 e. The fourth-order valence-electron chi connectivity index (χ4n) is 4.40. The SMILES string of the molecule is COC(=O)c1ccc([C@@H]2C(C#N)=C(N)C(C#N)(C#N)C3=CCN(C(C)C)C[C@@H]32)cc1. The summed E-state index contributed by atoms with van der Waals surface area (Å²) < 4.78 is 4.76. The maximum absolute atomic E-state index is 11.8. The van der Waals surface area contributed by atoms with Crippen LogP contribution in [0, 0.1) is 45.3 Å². The topological polar surface area (TPSA) is 127 Å². The number of allylic oxidation sites excluding steroid dienone is 2. The maximum Gasteiger partial charge on any atom is 0.337 e. The molecule has 2 atom stereocenters. The van der Waals surface area contributed by atoms with Crippen LogP contribution in [0.3, 0.4) is 0 Å². The van der Waals surface area contributed by atoms with Crippen LogP contribution >= 0.6 is 0 Å². The number of fused-ring (bicyclic) bond motifs is 1. The molecule has 0 bridgehead atoms. The number of nitriles is 3. The number of methoxy groups -OCH3 is 1. The van der Waals surface area contributed by atoms with E-state index < -0.39 is 17.3 Å². The zero-order valence-electron chi connectivity index (χ0n) is 17.2. The van der Waals surface area contributed by atoms with Crippen molar-refractivity contribution in [1.82, 2.24) is 4.90 Å². The number of carbonyl (C=O) groups excluding carboxylic acids is 1. The average Bonchev–Trinajstić information content (AvgIpc) is 2.78. The number of nitrogens with two attached hydrogens (primary N) is 1. The third-order valence-corrected chi connectivity index (χ3v) is 6.09. The van der Waals surface area contributed by atoms with E-state index >= 15 is 0 Å². The lowest BCUT2D eigenvalue weighted by Crippen LogP contribution is -2.48. The van der Waals surface area contributed by atoms with E-state index in [9.17, 15) is 20.6 Å². The van der Waals surface area contributed by atoms with Crippen LogP contribution in [0.15, 0.2) is 47.2 Å². The zero-order chi connectivity index (χ0) is 22.1. The maximum atomic E-state index is 11.8. The minimum Gasteiger partial charge on any atom is -0.465 e. The monoisotopic (exact) mass is 401 g/mol. The molecular formula is C23H23N5O2. The number of rotatable bonds is 3. The lowest BCUT2D eigenvalue weighted by molar-refractivity contribution is 0.0600. The van der Waals surface area contributed by atoms with E-state index in [0.29, 0.717) is 24.2 Å². The highest BCUT2D eigenvalue weighted by molar-refractivity contribution is 5.89. The summed E-state index contributed by atoms with van der Waals surface area (Å²) in [5, 5.41) is 29.8. The van der Waals surface area contributed by atoms with E-state index in [1.165, 1.54) is 7.11 Å². The predicted octanol–water partition coefficient (Wildman–Crippen LogP) is 2.61. The number of hydrogen-bond acceptors (Lipinski definition) is 7. The van der Waals surface area contributed by atoms with Crippen LogP contribution in [0.2, 0.25) is 0 Å². The Labute approximate surface area is 176 Å². The molecule has 0 saturated carbocycles. The summed E-state index contributed by atoms with van der Waals surface area (Å²) in [7, 11) is 1.32. The van der Waals surface area contributed by atoms with E-state index in [2.05, 4.69) is 37.0 Å². The van der Waals surface area contributed by atoms with Gasteiger partial charge in [-0.05, 0) is 37.1 Å². The molecule has 0 aromatic heterocycles. The second kappa shape index (κ2) is 8.03. The summed E-state index contributed by atoms with van der Waals surface area (Å²) >= 11 is 0. The highest BCUT2D eigenvalue weighted by atomic mass is 16.5. The lowest BCUT2D eigenvalue weighted by atomic mass is 9.60. The molecule has 0 amide bonds. The van der Waals surface area contributed by atoms with Gasteiger partial charge in [0.15, 0.2) is 0 Å². The third kappa shape index (κ3) is 3.12. The predicted molar refractivity (Wildman–Crippen MR) is 109 cm³/mol. The van der Waals surface area contributed by atoms with Gasteiger partial charge in [0, 0.05) is 31.0 Å². The molecule has 0 unspecified atom stereocenters. The molecule has 7 heteroatoms. The molecule has 0 spiro atoms. The molecule has 30 heavy (non-hydrogen) atoms. The standard InChI is InChI=1S/C23H23N5O2/c1-14(2)28-9-8-19-18(11-28)20(15-4-6-16(7-5-15)22(29)30-3)17(10-24)21(27)23(19,12-25)13-26/h4-8,14,18,20H,9,11,27H2,1-3H3/t18-,20+/m0/s1. The first-order chi connectivity index (χ1) is 14.3. The normalized spacial score (nSPS) is 22.9. The minimum absolute atomic E-state index is 0.00228. The Morgan fingerprint density at radius 3 is 2.37 bits per heavy atom. The highest BCUT2D eigenvalue weighted by Gasteiger charge is 2.52. The van der Waals surface area contributed by atoms with Gasteiger partial charge < -0.3 is 10.5 Å². The molecule has 2 aliphatic rings. The molecule has 1 aliphatic carbocycles. The quantitative estimate of drug-likeness (QED) is 0.609. The largest absolute Gasteiger partial charge is 0.465 e. The van der Waals surface area contributed by atoms with Gasteiger partial charge in [-0.2, -0.15) is 15.8 Å². The van der Waals surface area contributed by atoms with Crippen molar-refractivity contribution < 1.29 is 9.53 Å². The summed E-state index contributed by atoms with van der Waals surface area (Å²) in [6.07, 6.45) is 1.91. The molecule has 1 aliphatic heterocycles. The van der Waals surface area contributed by atoms with E-state index in [1.54, 1.807) is 24.3 Å². The first kappa shape index (κ1) is 21.1. The van der Waals surface area contributed by atoms with Crippen molar-refractivity contribution in [1.29, 1.82) is 15.8 Å². The van der Waals surface area contributed by atoms with Gasteiger partial charge in [0.05, 0.1) is 42.2 Å². The molecule has 0 saturated heterocycles. The number of carbonyl (C=O) groups is 1. The molecule has 1 aromatic carbocycles. The molecule has 1 aromatic rings. The average molecular weight is 401 g/mol. The Morgan fingerprint density at radius 1 is 1.23 bits per heavy atom. The van der Waals surface area contributed by atoms with E-state index in [-0.39, 0.29) is 23.2 Å². The Morgan fingerprint density at radius 2 is 1.87 bits per heavy atom. The molecule has 7 nitrogen and oxygen atoms in total. The van der Waals surface area contributed by atoms with Gasteiger partial charge in [-0.25, -0.2) is 4.79 Å². The highest BCUT2D eigenvalue weighted by Crippen LogP contribution is 2.52. The first-order valence-electron chi connectivity index (χ1n) is 9.70. The molecule has 0 radical (unpaired) electrons. The van der Waals surface area contributed by atoms with Gasteiger partial charge >= 0.3 is 5.97 Å². The van der Waals surface area contributed by atoms with E-state index in [0.717, 1.165) is 5.56 Å². The number of esters is 1. The van der Waals surface area contributed by atoms with Crippen LogP contribution in [-0.4, -0.2) is 37.1 Å². The van der Waals surface area contributed by atoms with Crippen molar-refractivity contribution in [2.24, 2.45) is 17.1 Å². The van der Waals surface area contributed by atoms with Crippen LogP contribution < -0.4 is 5.73 Å². The van der Waals surface area contributed by atoms with Gasteiger partial charge in [0.1, 0.15) is 0 Å². The first-order valence-corrected chi connectivity index (χ1v) is 9.70. The summed E-state index contributed by atoms with van der Waals surface area (Å²) in [6.45, 7) is 5.37. The molecule has 0 fully saturated rings. The van der Waals surface area contributed by atoms with Crippen LogP contribution in [0.4, 0.5) is 0 Å². The van der Waals surface area contributed by atoms with Gasteiger partial charge in [-0.1, -0.05) is 18.2 Å². The van der Waals surface area contributed by atoms with Crippen molar-refractivity contribution in [3.05, 3.63) is 58.3 Å². The van der Waals surface area contributed by atoms with Crippen molar-refractivity contribution >= 4 is 5.97 Å². The molecular weight excluding hydrogens is 378 g/mol. The number of ether oxygens (including phenoxy) is 1. The zero-order valence-corrected chi connectivity index (χ0v) is 17.2. The summed E-state index contributed by atoms with van der Waals surface area (Å²) in [4.78, 5) is 14.0. The van der Waals surface area contributed by atoms with Gasteiger partial charge in [-0.3, -0.25) is 4.90 Å². The van der Waals surface area contributed by atoms with Crippen molar-refractivity contribution in [3.63, 3.8) is 0 Å². The summed E-state index contributed by atoms with van der Waals surface area (Å²) in [5.41, 5.74) is 6.75. The van der Waals surface area contributed by atoms with Crippen LogP contribution in [-0.2, 0) is 4.74 Å². The second-order valence-electron chi connectivity index (χ2n) is 7.82. The third-order valence-electron chi connectivity index (χ3n) is 6.09. The molecule has 152 valence electrons. The van der Waals surface area contributed by atoms with Crippen LogP contribution in [0.5, 0.6) is 0 Å². The fourth-order valence-corrected chi connectivity index (χ4v) is 4.40. The Kier molecular flexibility index (Phi) is 5.65. The van der Waals surface area contributed by atoms with E-state index in [1.807, 2.05) is 6.08 Å². The van der Waals surface area contributed by atoms with Crippen molar-refractivity contribution in [2.75, 3.05) is 20.2 Å². The number of benzene rings is 1. The van der Waals surface area contributed by atoms with Crippen molar-refractivity contribution in [3.8, 4) is 18.2 Å².